The lowest BCUT2D eigenvalue weighted by atomic mass is 10.2. The molecule has 1 aromatic carbocycles. The van der Waals surface area contributed by atoms with Crippen LogP contribution in [0.1, 0.15) is 25.3 Å². The van der Waals surface area contributed by atoms with E-state index in [1.165, 1.54) is 6.42 Å². The second-order valence-electron chi connectivity index (χ2n) is 3.60. The van der Waals surface area contributed by atoms with E-state index in [2.05, 4.69) is 6.92 Å². The number of ether oxygens (including phenoxy) is 1. The molecule has 0 aliphatic carbocycles. The Balaban J connectivity index is 2.75. The second-order valence-corrected chi connectivity index (χ2v) is 4.73. The van der Waals surface area contributed by atoms with Gasteiger partial charge >= 0.3 is 0 Å². The molecule has 0 aliphatic heterocycles. The molecule has 0 unspecified atom stereocenters. The predicted octanol–water partition coefficient (Wildman–Crippen LogP) is 3.77. The lowest BCUT2D eigenvalue weighted by Crippen LogP contribution is -1.86. The van der Waals surface area contributed by atoms with Crippen LogP contribution in [0.5, 0.6) is 5.75 Å². The van der Waals surface area contributed by atoms with Crippen molar-refractivity contribution in [2.24, 2.45) is 0 Å². The maximum absolute atomic E-state index is 10.6. The molecule has 0 spiro atoms. The fraction of sp³-hybridized carbons (Fsp3) is 0.357. The summed E-state index contributed by atoms with van der Waals surface area (Å²) < 4.78 is 5.11. The molecule has 0 fully saturated rings. The molecule has 92 valence electrons. The smallest absolute Gasteiger partial charge is 0.143 e. The molecular formula is C14H18O2S. The summed E-state index contributed by atoms with van der Waals surface area (Å²) in [5.74, 6) is 1.88. The monoisotopic (exact) mass is 250 g/mol. The van der Waals surface area contributed by atoms with E-state index in [0.29, 0.717) is 0 Å². The molecular weight excluding hydrogens is 232 g/mol. The van der Waals surface area contributed by atoms with Gasteiger partial charge in [0.2, 0.25) is 0 Å². The van der Waals surface area contributed by atoms with E-state index in [1.54, 1.807) is 24.9 Å². The van der Waals surface area contributed by atoms with Crippen molar-refractivity contribution in [1.82, 2.24) is 0 Å². The predicted molar refractivity (Wildman–Crippen MR) is 74.4 cm³/mol. The minimum atomic E-state index is 0.831. The van der Waals surface area contributed by atoms with Crippen LogP contribution in [0.3, 0.4) is 0 Å². The van der Waals surface area contributed by atoms with Crippen LogP contribution in [0.15, 0.2) is 30.3 Å². The maximum Gasteiger partial charge on any atom is 0.143 e. The lowest BCUT2D eigenvalue weighted by Gasteiger charge is -2.07. The van der Waals surface area contributed by atoms with Crippen LogP contribution < -0.4 is 4.74 Å². The van der Waals surface area contributed by atoms with Crippen LogP contribution in [0.25, 0.3) is 4.91 Å². The Morgan fingerprint density at radius 1 is 1.35 bits per heavy atom. The molecule has 0 saturated heterocycles. The molecule has 1 rings (SSSR count). The van der Waals surface area contributed by atoms with Gasteiger partial charge in [-0.25, -0.2) is 0 Å². The number of benzene rings is 1. The number of carbonyl (C=O) groups excluding carboxylic acids is 1. The van der Waals surface area contributed by atoms with Gasteiger partial charge in [0.05, 0.1) is 7.11 Å². The highest BCUT2D eigenvalue weighted by Crippen LogP contribution is 2.29. The Morgan fingerprint density at radius 2 is 2.06 bits per heavy atom. The van der Waals surface area contributed by atoms with Crippen molar-refractivity contribution in [3.05, 3.63) is 35.9 Å². The van der Waals surface area contributed by atoms with Crippen LogP contribution >= 0.6 is 11.8 Å². The van der Waals surface area contributed by atoms with Gasteiger partial charge in [-0.05, 0) is 35.9 Å². The first kappa shape index (κ1) is 13.8. The average Bonchev–Trinajstić information content (AvgIpc) is 2.38. The third kappa shape index (κ3) is 4.65. The van der Waals surface area contributed by atoms with E-state index in [4.69, 9.17) is 4.74 Å². The molecule has 1 aromatic rings. The Bertz CT molecular complexity index is 368. The Labute approximate surface area is 107 Å². The topological polar surface area (TPSA) is 26.3 Å². The summed E-state index contributed by atoms with van der Waals surface area (Å²) in [5, 5.41) is 0. The standard InChI is InChI=1S/C14H18O2S/c1-3-4-11-17-14(9-10-15)12-5-7-13(16-2)8-6-12/h5-10H,3-4,11H2,1-2H3/b14-9+. The normalized spacial score (nSPS) is 11.3. The summed E-state index contributed by atoms with van der Waals surface area (Å²) in [7, 11) is 1.65. The zero-order valence-electron chi connectivity index (χ0n) is 10.3. The minimum Gasteiger partial charge on any atom is -0.497 e. The second kappa shape index (κ2) is 7.96. The van der Waals surface area contributed by atoms with Gasteiger partial charge in [-0.1, -0.05) is 25.5 Å². The quantitative estimate of drug-likeness (QED) is 0.418. The maximum atomic E-state index is 10.6. The number of thioether (sulfide) groups is 1. The van der Waals surface area contributed by atoms with Gasteiger partial charge in [-0.2, -0.15) is 0 Å². The summed E-state index contributed by atoms with van der Waals surface area (Å²) in [4.78, 5) is 11.7. The van der Waals surface area contributed by atoms with Crippen molar-refractivity contribution in [3.63, 3.8) is 0 Å². The molecule has 0 atom stereocenters. The SMILES string of the molecule is CCCCS/C(=C/C=O)c1ccc(OC)cc1. The van der Waals surface area contributed by atoms with Gasteiger partial charge in [0, 0.05) is 4.91 Å². The van der Waals surface area contributed by atoms with E-state index >= 15 is 0 Å². The van der Waals surface area contributed by atoms with Gasteiger partial charge in [-0.3, -0.25) is 4.79 Å². The third-order valence-corrected chi connectivity index (χ3v) is 3.52. The van der Waals surface area contributed by atoms with Crippen LogP contribution in [-0.4, -0.2) is 19.1 Å². The number of aldehydes is 1. The first-order valence-corrected chi connectivity index (χ1v) is 6.73. The van der Waals surface area contributed by atoms with E-state index in [1.807, 2.05) is 24.3 Å². The number of methoxy groups -OCH3 is 1. The number of carbonyl (C=O) groups is 1. The lowest BCUT2D eigenvalue weighted by molar-refractivity contribution is -0.104. The van der Waals surface area contributed by atoms with Crippen molar-refractivity contribution >= 4 is 23.0 Å². The van der Waals surface area contributed by atoms with Gasteiger partial charge in [0.1, 0.15) is 12.0 Å². The zero-order valence-corrected chi connectivity index (χ0v) is 11.1. The van der Waals surface area contributed by atoms with Crippen molar-refractivity contribution in [1.29, 1.82) is 0 Å². The average molecular weight is 250 g/mol. The van der Waals surface area contributed by atoms with Crippen LogP contribution in [0, 0.1) is 0 Å². The summed E-state index contributed by atoms with van der Waals surface area (Å²) in [6, 6.07) is 7.78. The third-order valence-electron chi connectivity index (χ3n) is 2.35. The highest BCUT2D eigenvalue weighted by atomic mass is 32.2. The molecule has 0 radical (unpaired) electrons. The highest BCUT2D eigenvalue weighted by Gasteiger charge is 2.02. The molecule has 0 heterocycles. The van der Waals surface area contributed by atoms with E-state index in [9.17, 15) is 4.79 Å². The zero-order chi connectivity index (χ0) is 12.5. The fourth-order valence-corrected chi connectivity index (χ4v) is 2.48. The number of hydrogen-bond acceptors (Lipinski definition) is 3. The Morgan fingerprint density at radius 3 is 2.59 bits per heavy atom. The number of hydrogen-bond donors (Lipinski definition) is 0. The van der Waals surface area contributed by atoms with Crippen LogP contribution in [-0.2, 0) is 4.79 Å². The molecule has 0 N–H and O–H groups in total. The molecule has 2 nitrogen and oxygen atoms in total. The Hall–Kier alpha value is -1.22. The van der Waals surface area contributed by atoms with Crippen molar-refractivity contribution in [2.45, 2.75) is 19.8 Å². The molecule has 17 heavy (non-hydrogen) atoms. The van der Waals surface area contributed by atoms with E-state index < -0.39 is 0 Å². The summed E-state index contributed by atoms with van der Waals surface area (Å²) in [6.07, 6.45) is 4.81. The fourth-order valence-electron chi connectivity index (χ4n) is 1.37. The van der Waals surface area contributed by atoms with Crippen molar-refractivity contribution in [3.8, 4) is 5.75 Å². The Kier molecular flexibility index (Phi) is 6.48. The summed E-state index contributed by atoms with van der Waals surface area (Å²) >= 11 is 1.73. The summed E-state index contributed by atoms with van der Waals surface area (Å²) in [6.45, 7) is 2.16. The first-order chi connectivity index (χ1) is 8.31. The van der Waals surface area contributed by atoms with Crippen LogP contribution in [0.4, 0.5) is 0 Å². The highest BCUT2D eigenvalue weighted by molar-refractivity contribution is 8.08. The number of unbranched alkanes of at least 4 members (excludes halogenated alkanes) is 1. The molecule has 0 bridgehead atoms. The van der Waals surface area contributed by atoms with Gasteiger partial charge in [-0.15, -0.1) is 11.8 Å². The number of allylic oxidation sites excluding steroid dienone is 1. The molecule has 3 heteroatoms. The summed E-state index contributed by atoms with van der Waals surface area (Å²) in [5.41, 5.74) is 1.07. The molecule has 0 aliphatic rings. The molecule has 0 amide bonds. The van der Waals surface area contributed by atoms with Crippen molar-refractivity contribution < 1.29 is 9.53 Å². The molecule has 0 saturated carbocycles. The number of rotatable bonds is 7. The molecule has 0 aromatic heterocycles. The van der Waals surface area contributed by atoms with E-state index in [0.717, 1.165) is 34.7 Å². The van der Waals surface area contributed by atoms with Gasteiger partial charge < -0.3 is 4.74 Å². The minimum absolute atomic E-state index is 0.831. The van der Waals surface area contributed by atoms with Gasteiger partial charge in [0.15, 0.2) is 0 Å². The van der Waals surface area contributed by atoms with Gasteiger partial charge in [0.25, 0.3) is 0 Å². The largest absolute Gasteiger partial charge is 0.497 e. The first-order valence-electron chi connectivity index (χ1n) is 5.74. The van der Waals surface area contributed by atoms with E-state index in [-0.39, 0.29) is 0 Å². The van der Waals surface area contributed by atoms with Crippen LogP contribution in [0.2, 0.25) is 0 Å². The van der Waals surface area contributed by atoms with Crippen molar-refractivity contribution in [2.75, 3.05) is 12.9 Å².